The highest BCUT2D eigenvalue weighted by Crippen LogP contribution is 2.23. The summed E-state index contributed by atoms with van der Waals surface area (Å²) in [6, 6.07) is 10.7. The number of amides is 1. The molecule has 7 heteroatoms. The molecule has 24 heavy (non-hydrogen) atoms. The van der Waals surface area contributed by atoms with E-state index in [-0.39, 0.29) is 11.9 Å². The molecule has 1 amide bonds. The first-order valence-corrected chi connectivity index (χ1v) is 8.11. The Bertz CT molecular complexity index is 683. The van der Waals surface area contributed by atoms with Crippen molar-refractivity contribution in [3.05, 3.63) is 47.6 Å². The van der Waals surface area contributed by atoms with Crippen molar-refractivity contribution in [3.8, 4) is 5.75 Å². The third-order valence-electron chi connectivity index (χ3n) is 3.89. The quantitative estimate of drug-likeness (QED) is 0.886. The number of rotatable bonds is 3. The van der Waals surface area contributed by atoms with Crippen LogP contribution in [0, 0.1) is 0 Å². The number of anilines is 2. The zero-order valence-electron chi connectivity index (χ0n) is 13.0. The second-order valence-corrected chi connectivity index (χ2v) is 6.03. The number of piperidine rings is 1. The highest BCUT2D eigenvalue weighted by molar-refractivity contribution is 6.30. The molecular weight excluding hydrogens is 330 g/mol. The number of pyridine rings is 1. The fraction of sp³-hybridized carbons (Fsp3) is 0.294. The van der Waals surface area contributed by atoms with Gasteiger partial charge in [0.15, 0.2) is 0 Å². The van der Waals surface area contributed by atoms with Crippen molar-refractivity contribution in [1.29, 1.82) is 0 Å². The van der Waals surface area contributed by atoms with Crippen molar-refractivity contribution in [1.82, 2.24) is 4.98 Å². The molecule has 1 aliphatic rings. The first kappa shape index (κ1) is 16.4. The predicted octanol–water partition coefficient (Wildman–Crippen LogP) is 3.66. The minimum Gasteiger partial charge on any atom is -0.506 e. The van der Waals surface area contributed by atoms with Crippen molar-refractivity contribution in [2.45, 2.75) is 18.9 Å². The molecule has 1 saturated heterocycles. The van der Waals surface area contributed by atoms with E-state index >= 15 is 0 Å². The summed E-state index contributed by atoms with van der Waals surface area (Å²) in [5, 5.41) is 12.4. The Morgan fingerprint density at radius 3 is 2.54 bits per heavy atom. The molecule has 2 N–H and O–H groups in total. The Morgan fingerprint density at radius 2 is 1.92 bits per heavy atom. The van der Waals surface area contributed by atoms with E-state index in [1.807, 2.05) is 24.3 Å². The van der Waals surface area contributed by atoms with Gasteiger partial charge in [0.2, 0.25) is 0 Å². The van der Waals surface area contributed by atoms with Crippen molar-refractivity contribution in [3.63, 3.8) is 0 Å². The Kier molecular flexibility index (Phi) is 5.05. The summed E-state index contributed by atoms with van der Waals surface area (Å²) in [5.74, 6) is 0.389. The molecule has 0 atom stereocenters. The molecule has 1 aromatic heterocycles. The Balaban J connectivity index is 1.47. The third-order valence-corrected chi connectivity index (χ3v) is 4.14. The Labute approximate surface area is 145 Å². The molecule has 0 unspecified atom stereocenters. The number of benzene rings is 1. The van der Waals surface area contributed by atoms with E-state index in [1.165, 1.54) is 18.3 Å². The Hall–Kier alpha value is -2.47. The van der Waals surface area contributed by atoms with Gasteiger partial charge in [-0.05, 0) is 36.4 Å². The maximum Gasteiger partial charge on any atom is 0.413 e. The van der Waals surface area contributed by atoms with E-state index in [0.29, 0.717) is 5.82 Å². The van der Waals surface area contributed by atoms with Gasteiger partial charge in [-0.2, -0.15) is 0 Å². The summed E-state index contributed by atoms with van der Waals surface area (Å²) in [6.07, 6.45) is 2.14. The van der Waals surface area contributed by atoms with Gasteiger partial charge < -0.3 is 14.7 Å². The van der Waals surface area contributed by atoms with Crippen LogP contribution in [0.2, 0.25) is 5.02 Å². The predicted molar refractivity (Wildman–Crippen MR) is 92.7 cm³/mol. The zero-order chi connectivity index (χ0) is 16.9. The van der Waals surface area contributed by atoms with Gasteiger partial charge in [-0.25, -0.2) is 9.78 Å². The summed E-state index contributed by atoms with van der Waals surface area (Å²) < 4.78 is 5.43. The highest BCUT2D eigenvalue weighted by atomic mass is 35.5. The van der Waals surface area contributed by atoms with Crippen molar-refractivity contribution in [2.24, 2.45) is 0 Å². The molecule has 3 rings (SSSR count). The SMILES string of the molecule is O=C(Nc1ccc(O)cn1)OC1CCN(c2ccc(Cl)cc2)CC1. The van der Waals surface area contributed by atoms with Crippen molar-refractivity contribution < 1.29 is 14.6 Å². The van der Waals surface area contributed by atoms with Crippen LogP contribution < -0.4 is 10.2 Å². The average Bonchev–Trinajstić information content (AvgIpc) is 2.58. The fourth-order valence-corrected chi connectivity index (χ4v) is 2.76. The lowest BCUT2D eigenvalue weighted by atomic mass is 10.1. The van der Waals surface area contributed by atoms with Gasteiger partial charge in [0, 0.05) is 36.6 Å². The number of hydrogen-bond acceptors (Lipinski definition) is 5. The van der Waals surface area contributed by atoms with E-state index in [1.54, 1.807) is 0 Å². The number of nitrogens with zero attached hydrogens (tertiary/aromatic N) is 2. The zero-order valence-corrected chi connectivity index (χ0v) is 13.7. The van der Waals surface area contributed by atoms with Crippen LogP contribution in [0.3, 0.4) is 0 Å². The molecule has 0 spiro atoms. The minimum absolute atomic E-state index is 0.0449. The van der Waals surface area contributed by atoms with Crippen LogP contribution in [0.5, 0.6) is 5.75 Å². The third kappa shape index (κ3) is 4.29. The van der Waals surface area contributed by atoms with Gasteiger partial charge in [-0.3, -0.25) is 5.32 Å². The maximum atomic E-state index is 11.9. The molecule has 0 radical (unpaired) electrons. The number of hydrogen-bond donors (Lipinski definition) is 2. The summed E-state index contributed by atoms with van der Waals surface area (Å²) in [4.78, 5) is 18.0. The summed E-state index contributed by atoms with van der Waals surface area (Å²) >= 11 is 5.90. The largest absolute Gasteiger partial charge is 0.506 e. The molecule has 2 heterocycles. The van der Waals surface area contributed by atoms with Crippen LogP contribution in [-0.4, -0.2) is 35.4 Å². The number of nitrogens with one attached hydrogen (secondary N) is 1. The number of carbonyl (C=O) groups excluding carboxylic acids is 1. The lowest BCUT2D eigenvalue weighted by Crippen LogP contribution is -2.38. The van der Waals surface area contributed by atoms with E-state index in [0.717, 1.165) is 36.6 Å². The standard InChI is InChI=1S/C17H18ClN3O3/c18-12-1-3-13(4-2-12)21-9-7-15(8-10-21)24-17(23)20-16-6-5-14(22)11-19-16/h1-6,11,15,22H,7-10H2,(H,19,20,23). The maximum absolute atomic E-state index is 11.9. The topological polar surface area (TPSA) is 74.7 Å². The van der Waals surface area contributed by atoms with Gasteiger partial charge in [0.25, 0.3) is 0 Å². The molecule has 2 aromatic rings. The van der Waals surface area contributed by atoms with Gasteiger partial charge >= 0.3 is 6.09 Å². The second kappa shape index (κ2) is 7.40. The van der Waals surface area contributed by atoms with E-state index in [2.05, 4.69) is 15.2 Å². The number of halogens is 1. The highest BCUT2D eigenvalue weighted by Gasteiger charge is 2.22. The Morgan fingerprint density at radius 1 is 1.21 bits per heavy atom. The number of carbonyl (C=O) groups is 1. The number of ether oxygens (including phenoxy) is 1. The molecule has 126 valence electrons. The van der Waals surface area contributed by atoms with E-state index in [4.69, 9.17) is 21.4 Å². The first-order valence-electron chi connectivity index (χ1n) is 7.73. The normalized spacial score (nSPS) is 15.1. The van der Waals surface area contributed by atoms with Crippen LogP contribution in [0.4, 0.5) is 16.3 Å². The van der Waals surface area contributed by atoms with Gasteiger partial charge in [0.05, 0.1) is 6.20 Å². The van der Waals surface area contributed by atoms with Gasteiger partial charge in [0.1, 0.15) is 17.7 Å². The molecule has 0 saturated carbocycles. The van der Waals surface area contributed by atoms with Gasteiger partial charge in [-0.1, -0.05) is 11.6 Å². The lowest BCUT2D eigenvalue weighted by Gasteiger charge is -2.33. The number of aromatic nitrogens is 1. The molecule has 1 aliphatic heterocycles. The summed E-state index contributed by atoms with van der Waals surface area (Å²) in [5.41, 5.74) is 1.12. The monoisotopic (exact) mass is 347 g/mol. The molecular formula is C17H18ClN3O3. The summed E-state index contributed by atoms with van der Waals surface area (Å²) in [7, 11) is 0. The summed E-state index contributed by atoms with van der Waals surface area (Å²) in [6.45, 7) is 1.63. The average molecular weight is 348 g/mol. The fourth-order valence-electron chi connectivity index (χ4n) is 2.63. The van der Waals surface area contributed by atoms with Crippen LogP contribution in [-0.2, 0) is 4.74 Å². The molecule has 0 aliphatic carbocycles. The molecule has 6 nitrogen and oxygen atoms in total. The van der Waals surface area contributed by atoms with E-state index in [9.17, 15) is 4.79 Å². The van der Waals surface area contributed by atoms with Gasteiger partial charge in [-0.15, -0.1) is 0 Å². The van der Waals surface area contributed by atoms with Crippen molar-refractivity contribution >= 4 is 29.2 Å². The smallest absolute Gasteiger partial charge is 0.413 e. The first-order chi connectivity index (χ1) is 11.6. The lowest BCUT2D eigenvalue weighted by molar-refractivity contribution is 0.0950. The van der Waals surface area contributed by atoms with Crippen LogP contribution in [0.25, 0.3) is 0 Å². The minimum atomic E-state index is -0.530. The van der Waals surface area contributed by atoms with E-state index < -0.39 is 6.09 Å². The van der Waals surface area contributed by atoms with Crippen molar-refractivity contribution in [2.75, 3.05) is 23.3 Å². The van der Waals surface area contributed by atoms with Crippen LogP contribution >= 0.6 is 11.6 Å². The second-order valence-electron chi connectivity index (χ2n) is 5.59. The van der Waals surface area contributed by atoms with Crippen LogP contribution in [0.15, 0.2) is 42.6 Å². The number of aromatic hydroxyl groups is 1. The van der Waals surface area contributed by atoms with Crippen LogP contribution in [0.1, 0.15) is 12.8 Å². The molecule has 0 bridgehead atoms. The molecule has 1 fully saturated rings. The molecule has 1 aromatic carbocycles.